The summed E-state index contributed by atoms with van der Waals surface area (Å²) in [5.74, 6) is 0. The number of hydrogen-bond donors (Lipinski definition) is 1. The van der Waals surface area contributed by atoms with Gasteiger partial charge in [-0.05, 0) is 29.8 Å². The van der Waals surface area contributed by atoms with Crippen LogP contribution >= 0.6 is 23.2 Å². The smallest absolute Gasteiger partial charge is 0.289 e. The van der Waals surface area contributed by atoms with E-state index in [1.165, 1.54) is 24.4 Å². The average molecular weight is 400 g/mol. The van der Waals surface area contributed by atoms with Crippen LogP contribution in [-0.2, 0) is 16.6 Å². The third-order valence-corrected chi connectivity index (χ3v) is 5.93. The fourth-order valence-electron chi connectivity index (χ4n) is 2.51. The van der Waals surface area contributed by atoms with E-state index >= 15 is 0 Å². The fourth-order valence-corrected chi connectivity index (χ4v) is 4.26. The molecule has 0 saturated carbocycles. The van der Waals surface area contributed by atoms with Gasteiger partial charge in [-0.1, -0.05) is 29.3 Å². The normalized spacial score (nSPS) is 11.8. The number of fused-ring (bicyclic) bond motifs is 1. The van der Waals surface area contributed by atoms with Gasteiger partial charge in [0, 0.05) is 29.2 Å². The molecule has 0 amide bonds. The number of nitrogens with two attached hydrogens (primary N) is 1. The lowest BCUT2D eigenvalue weighted by molar-refractivity contribution is -0.384. The maximum atomic E-state index is 13.0. The zero-order valence-corrected chi connectivity index (χ0v) is 14.8. The van der Waals surface area contributed by atoms with E-state index in [9.17, 15) is 18.5 Å². The molecule has 3 rings (SSSR count). The molecule has 0 aliphatic heterocycles. The van der Waals surface area contributed by atoms with Gasteiger partial charge in [0.25, 0.3) is 15.7 Å². The summed E-state index contributed by atoms with van der Waals surface area (Å²) < 4.78 is 27.0. The largest absolute Gasteiger partial charge is 0.326 e. The number of halogens is 2. The Labute approximate surface area is 152 Å². The predicted molar refractivity (Wildman–Crippen MR) is 95.5 cm³/mol. The van der Waals surface area contributed by atoms with Gasteiger partial charge in [0.2, 0.25) is 0 Å². The first-order valence-electron chi connectivity index (χ1n) is 6.95. The molecular weight excluding hydrogens is 389 g/mol. The average Bonchev–Trinajstić information content (AvgIpc) is 2.93. The van der Waals surface area contributed by atoms with Gasteiger partial charge in [-0.15, -0.1) is 0 Å². The lowest BCUT2D eigenvalue weighted by Gasteiger charge is -2.08. The maximum absolute atomic E-state index is 13.0. The van der Waals surface area contributed by atoms with Crippen LogP contribution in [0.4, 0.5) is 5.69 Å². The summed E-state index contributed by atoms with van der Waals surface area (Å²) in [6.07, 6.45) is 1.39. The van der Waals surface area contributed by atoms with E-state index in [4.69, 9.17) is 28.9 Å². The Morgan fingerprint density at radius 1 is 1.16 bits per heavy atom. The number of hydrogen-bond acceptors (Lipinski definition) is 5. The lowest BCUT2D eigenvalue weighted by atomic mass is 10.2. The van der Waals surface area contributed by atoms with E-state index in [-0.39, 0.29) is 16.5 Å². The van der Waals surface area contributed by atoms with Crippen molar-refractivity contribution in [1.82, 2.24) is 3.97 Å². The molecule has 0 atom stereocenters. The molecule has 2 N–H and O–H groups in total. The highest BCUT2D eigenvalue weighted by molar-refractivity contribution is 7.90. The molecule has 0 aliphatic carbocycles. The van der Waals surface area contributed by atoms with Gasteiger partial charge >= 0.3 is 0 Å². The van der Waals surface area contributed by atoms with Crippen LogP contribution in [0.5, 0.6) is 0 Å². The van der Waals surface area contributed by atoms with Crippen molar-refractivity contribution < 1.29 is 13.3 Å². The molecule has 10 heteroatoms. The van der Waals surface area contributed by atoms with E-state index < -0.39 is 20.6 Å². The SMILES string of the molecule is NCc1cn(S(=O)(=O)c2ccc(Cl)c([N+](=O)[O-])c2)c2cc(Cl)ccc12. The van der Waals surface area contributed by atoms with Gasteiger partial charge in [0.1, 0.15) is 5.02 Å². The molecule has 1 aromatic heterocycles. The molecule has 2 aromatic carbocycles. The lowest BCUT2D eigenvalue weighted by Crippen LogP contribution is -2.12. The highest BCUT2D eigenvalue weighted by Gasteiger charge is 2.24. The zero-order valence-electron chi connectivity index (χ0n) is 12.5. The number of nitrogens with zero attached hydrogens (tertiary/aromatic N) is 2. The highest BCUT2D eigenvalue weighted by atomic mass is 35.5. The van der Waals surface area contributed by atoms with Crippen molar-refractivity contribution in [2.24, 2.45) is 5.73 Å². The van der Waals surface area contributed by atoms with Gasteiger partial charge in [-0.2, -0.15) is 0 Å². The molecule has 25 heavy (non-hydrogen) atoms. The van der Waals surface area contributed by atoms with Crippen molar-refractivity contribution >= 4 is 49.8 Å². The van der Waals surface area contributed by atoms with Crippen LogP contribution in [0.25, 0.3) is 10.9 Å². The van der Waals surface area contributed by atoms with Crippen molar-refractivity contribution in [3.8, 4) is 0 Å². The van der Waals surface area contributed by atoms with Crippen LogP contribution in [0.2, 0.25) is 10.0 Å². The van der Waals surface area contributed by atoms with E-state index in [0.717, 1.165) is 10.0 Å². The molecule has 0 fully saturated rings. The summed E-state index contributed by atoms with van der Waals surface area (Å²) in [7, 11) is -4.10. The summed E-state index contributed by atoms with van der Waals surface area (Å²) in [5, 5.41) is 11.9. The number of benzene rings is 2. The maximum Gasteiger partial charge on any atom is 0.289 e. The molecule has 130 valence electrons. The van der Waals surface area contributed by atoms with Crippen molar-refractivity contribution in [2.45, 2.75) is 11.4 Å². The second-order valence-corrected chi connectivity index (χ2v) is 7.85. The summed E-state index contributed by atoms with van der Waals surface area (Å²) in [5.41, 5.74) is 6.14. The predicted octanol–water partition coefficient (Wildman–Crippen LogP) is 3.55. The molecular formula is C15H11Cl2N3O4S. The van der Waals surface area contributed by atoms with E-state index in [1.807, 2.05) is 0 Å². The van der Waals surface area contributed by atoms with Crippen LogP contribution in [-0.4, -0.2) is 17.3 Å². The number of nitro groups is 1. The second-order valence-electron chi connectivity index (χ2n) is 5.19. The molecule has 0 saturated heterocycles. The Morgan fingerprint density at radius 2 is 1.88 bits per heavy atom. The molecule has 7 nitrogen and oxygen atoms in total. The minimum Gasteiger partial charge on any atom is -0.326 e. The molecule has 0 spiro atoms. The van der Waals surface area contributed by atoms with Gasteiger partial charge in [-0.3, -0.25) is 10.1 Å². The molecule has 0 unspecified atom stereocenters. The Bertz CT molecular complexity index is 1110. The van der Waals surface area contributed by atoms with Crippen molar-refractivity contribution in [2.75, 3.05) is 0 Å². The molecule has 0 bridgehead atoms. The van der Waals surface area contributed by atoms with Crippen molar-refractivity contribution in [1.29, 1.82) is 0 Å². The summed E-state index contributed by atoms with van der Waals surface area (Å²) in [6, 6.07) is 8.12. The first-order valence-corrected chi connectivity index (χ1v) is 9.14. The first-order chi connectivity index (χ1) is 11.8. The van der Waals surface area contributed by atoms with Gasteiger partial charge in [0.15, 0.2) is 0 Å². The Hall–Kier alpha value is -2.13. The summed E-state index contributed by atoms with van der Waals surface area (Å²) >= 11 is 11.7. The first kappa shape index (κ1) is 17.7. The minimum atomic E-state index is -4.10. The van der Waals surface area contributed by atoms with Crippen LogP contribution < -0.4 is 5.73 Å². The third kappa shape index (κ3) is 2.98. The number of aromatic nitrogens is 1. The summed E-state index contributed by atoms with van der Waals surface area (Å²) in [4.78, 5) is 10.0. The van der Waals surface area contributed by atoms with Crippen molar-refractivity contribution in [3.05, 3.63) is 68.3 Å². The van der Waals surface area contributed by atoms with E-state index in [1.54, 1.807) is 12.1 Å². The molecule has 1 heterocycles. The van der Waals surface area contributed by atoms with Gasteiger partial charge in [-0.25, -0.2) is 12.4 Å². The van der Waals surface area contributed by atoms with Crippen LogP contribution in [0.15, 0.2) is 47.5 Å². The van der Waals surface area contributed by atoms with Gasteiger partial charge < -0.3 is 5.73 Å². The minimum absolute atomic E-state index is 0.126. The number of rotatable bonds is 4. The molecule has 0 aliphatic rings. The Morgan fingerprint density at radius 3 is 2.52 bits per heavy atom. The van der Waals surface area contributed by atoms with Crippen LogP contribution in [0, 0.1) is 10.1 Å². The second kappa shape index (κ2) is 6.30. The number of nitro benzene ring substituents is 1. The van der Waals surface area contributed by atoms with Crippen molar-refractivity contribution in [3.63, 3.8) is 0 Å². The summed E-state index contributed by atoms with van der Waals surface area (Å²) in [6.45, 7) is 0.126. The monoisotopic (exact) mass is 399 g/mol. The van der Waals surface area contributed by atoms with Crippen LogP contribution in [0.3, 0.4) is 0 Å². The standard InChI is InChI=1S/C15H11Cl2N3O4S/c16-10-1-3-12-9(7-18)8-19(14(12)5-10)25(23,24)11-2-4-13(17)15(6-11)20(21)22/h1-6,8H,7,18H2. The van der Waals surface area contributed by atoms with E-state index in [0.29, 0.717) is 21.5 Å². The quantitative estimate of drug-likeness (QED) is 0.532. The zero-order chi connectivity index (χ0) is 18.4. The van der Waals surface area contributed by atoms with Gasteiger partial charge in [0.05, 0.1) is 15.3 Å². The highest BCUT2D eigenvalue weighted by Crippen LogP contribution is 2.31. The Balaban J connectivity index is 2.29. The molecule has 0 radical (unpaired) electrons. The molecule has 3 aromatic rings. The third-order valence-electron chi connectivity index (χ3n) is 3.71. The van der Waals surface area contributed by atoms with Crippen LogP contribution in [0.1, 0.15) is 5.56 Å². The fraction of sp³-hybridized carbons (Fsp3) is 0.0667. The topological polar surface area (TPSA) is 108 Å². The Kier molecular flexibility index (Phi) is 4.46. The van der Waals surface area contributed by atoms with E-state index in [2.05, 4.69) is 0 Å².